The molecule has 0 saturated carbocycles. The van der Waals surface area contributed by atoms with Crippen LogP contribution in [0.2, 0.25) is 5.02 Å². The van der Waals surface area contributed by atoms with Crippen LogP contribution in [0.4, 0.5) is 0 Å². The van der Waals surface area contributed by atoms with Gasteiger partial charge in [-0.15, -0.1) is 11.3 Å². The summed E-state index contributed by atoms with van der Waals surface area (Å²) in [5.74, 6) is 0.600. The molecule has 2 aromatic carbocycles. The SMILES string of the molecule is CCOC(=O)COc1cc(C)c2nc(-c3cc(Cl)cc4nc(OC)cnc34)sc2c1. The Kier molecular flexibility index (Phi) is 5.69. The van der Waals surface area contributed by atoms with Gasteiger partial charge < -0.3 is 14.2 Å². The molecule has 0 N–H and O–H groups in total. The van der Waals surface area contributed by atoms with Gasteiger partial charge in [-0.05, 0) is 43.7 Å². The molecule has 0 fully saturated rings. The summed E-state index contributed by atoms with van der Waals surface area (Å²) in [5, 5.41) is 1.30. The number of rotatable bonds is 6. The molecule has 0 radical (unpaired) electrons. The van der Waals surface area contributed by atoms with Crippen molar-refractivity contribution in [3.63, 3.8) is 0 Å². The van der Waals surface area contributed by atoms with Crippen LogP contribution in [0, 0.1) is 6.92 Å². The van der Waals surface area contributed by atoms with Crippen molar-refractivity contribution in [2.45, 2.75) is 13.8 Å². The highest BCUT2D eigenvalue weighted by molar-refractivity contribution is 7.21. The van der Waals surface area contributed by atoms with E-state index < -0.39 is 5.97 Å². The number of hydrogen-bond acceptors (Lipinski definition) is 8. The van der Waals surface area contributed by atoms with Crippen LogP contribution in [-0.2, 0) is 9.53 Å². The number of hydrogen-bond donors (Lipinski definition) is 0. The van der Waals surface area contributed by atoms with Crippen LogP contribution < -0.4 is 9.47 Å². The van der Waals surface area contributed by atoms with Crippen molar-refractivity contribution in [1.82, 2.24) is 15.0 Å². The first-order valence-corrected chi connectivity index (χ1v) is 10.4. The second kappa shape index (κ2) is 8.41. The van der Waals surface area contributed by atoms with Crippen LogP contribution >= 0.6 is 22.9 Å². The molecule has 0 aliphatic heterocycles. The van der Waals surface area contributed by atoms with Crippen LogP contribution in [-0.4, -0.2) is 41.2 Å². The Morgan fingerprint density at radius 3 is 2.77 bits per heavy atom. The van der Waals surface area contributed by atoms with Crippen molar-refractivity contribution in [3.05, 3.63) is 41.0 Å². The van der Waals surface area contributed by atoms with Gasteiger partial charge >= 0.3 is 5.97 Å². The van der Waals surface area contributed by atoms with Crippen LogP contribution in [0.25, 0.3) is 31.8 Å². The van der Waals surface area contributed by atoms with Gasteiger partial charge in [0.15, 0.2) is 6.61 Å². The zero-order chi connectivity index (χ0) is 21.3. The van der Waals surface area contributed by atoms with E-state index in [9.17, 15) is 4.79 Å². The summed E-state index contributed by atoms with van der Waals surface area (Å²) < 4.78 is 16.6. The van der Waals surface area contributed by atoms with Crippen molar-refractivity contribution in [3.8, 4) is 22.2 Å². The number of aryl methyl sites for hydroxylation is 1. The number of ether oxygens (including phenoxy) is 3. The number of halogens is 1. The van der Waals surface area contributed by atoms with E-state index in [1.165, 1.54) is 11.3 Å². The maximum atomic E-state index is 11.6. The van der Waals surface area contributed by atoms with Crippen LogP contribution in [0.3, 0.4) is 0 Å². The van der Waals surface area contributed by atoms with E-state index in [0.29, 0.717) is 34.3 Å². The maximum Gasteiger partial charge on any atom is 0.344 e. The second-order valence-corrected chi connectivity index (χ2v) is 7.90. The van der Waals surface area contributed by atoms with Crippen molar-refractivity contribution < 1.29 is 19.0 Å². The Bertz CT molecular complexity index is 1260. The fraction of sp³-hybridized carbons (Fsp3) is 0.238. The predicted molar refractivity (Wildman–Crippen MR) is 117 cm³/mol. The van der Waals surface area contributed by atoms with Crippen molar-refractivity contribution in [2.24, 2.45) is 0 Å². The van der Waals surface area contributed by atoms with E-state index in [1.807, 2.05) is 25.1 Å². The number of methoxy groups -OCH3 is 1. The average Bonchev–Trinajstić information content (AvgIpc) is 3.16. The molecule has 4 aromatic rings. The summed E-state index contributed by atoms with van der Waals surface area (Å²) in [6, 6.07) is 7.29. The molecule has 154 valence electrons. The molecule has 0 unspecified atom stereocenters. The first-order chi connectivity index (χ1) is 14.5. The van der Waals surface area contributed by atoms with Crippen LogP contribution in [0.1, 0.15) is 12.5 Å². The Morgan fingerprint density at radius 2 is 2.00 bits per heavy atom. The lowest BCUT2D eigenvalue weighted by atomic mass is 10.1. The first-order valence-electron chi connectivity index (χ1n) is 9.18. The Labute approximate surface area is 181 Å². The highest BCUT2D eigenvalue weighted by Crippen LogP contribution is 2.38. The van der Waals surface area contributed by atoms with Gasteiger partial charge in [0.2, 0.25) is 5.88 Å². The molecule has 0 bridgehead atoms. The number of thiazole rings is 1. The van der Waals surface area contributed by atoms with Gasteiger partial charge in [0, 0.05) is 10.6 Å². The van der Waals surface area contributed by atoms with Gasteiger partial charge in [0.1, 0.15) is 10.8 Å². The Balaban J connectivity index is 1.75. The van der Waals surface area contributed by atoms with Crippen LogP contribution in [0.15, 0.2) is 30.5 Å². The topological polar surface area (TPSA) is 83.4 Å². The molecule has 0 aliphatic rings. The molecule has 0 aliphatic carbocycles. The van der Waals surface area contributed by atoms with E-state index in [0.717, 1.165) is 26.4 Å². The minimum Gasteiger partial charge on any atom is -0.482 e. The first kappa shape index (κ1) is 20.3. The highest BCUT2D eigenvalue weighted by atomic mass is 35.5. The molecular formula is C21H18ClN3O4S. The molecule has 0 atom stereocenters. The zero-order valence-electron chi connectivity index (χ0n) is 16.6. The van der Waals surface area contributed by atoms with Gasteiger partial charge in [-0.1, -0.05) is 11.6 Å². The number of aromatic nitrogens is 3. The lowest BCUT2D eigenvalue weighted by Crippen LogP contribution is -2.14. The molecule has 0 amide bonds. The summed E-state index contributed by atoms with van der Waals surface area (Å²) >= 11 is 7.82. The number of esters is 1. The van der Waals surface area contributed by atoms with Crippen molar-refractivity contribution in [2.75, 3.05) is 20.3 Å². The van der Waals surface area contributed by atoms with Gasteiger partial charge in [-0.25, -0.2) is 19.7 Å². The standard InChI is InChI=1S/C21H18ClN3O4S/c1-4-28-18(26)10-29-13-5-11(2)19-16(8-13)30-21(25-19)14-6-12(22)7-15-20(14)23-9-17(24-15)27-3/h5-9H,4,10H2,1-3H3. The molecule has 0 spiro atoms. The largest absolute Gasteiger partial charge is 0.482 e. The van der Waals surface area contributed by atoms with E-state index in [1.54, 1.807) is 26.3 Å². The minimum atomic E-state index is -0.403. The number of benzene rings is 2. The zero-order valence-corrected chi connectivity index (χ0v) is 18.1. The quantitative estimate of drug-likeness (QED) is 0.395. The smallest absolute Gasteiger partial charge is 0.344 e. The third-order valence-electron chi connectivity index (χ3n) is 4.35. The normalized spacial score (nSPS) is 11.1. The predicted octanol–water partition coefficient (Wildman–Crippen LogP) is 4.82. The summed E-state index contributed by atoms with van der Waals surface area (Å²) in [6.07, 6.45) is 1.57. The number of carbonyl (C=O) groups is 1. The summed E-state index contributed by atoms with van der Waals surface area (Å²) in [4.78, 5) is 25.3. The third kappa shape index (κ3) is 4.01. The lowest BCUT2D eigenvalue weighted by Gasteiger charge is -2.06. The molecule has 30 heavy (non-hydrogen) atoms. The molecule has 7 nitrogen and oxygen atoms in total. The fourth-order valence-electron chi connectivity index (χ4n) is 3.04. The average molecular weight is 444 g/mol. The van der Waals surface area contributed by atoms with Gasteiger partial charge in [-0.3, -0.25) is 0 Å². The van der Waals surface area contributed by atoms with Gasteiger partial charge in [-0.2, -0.15) is 0 Å². The third-order valence-corrected chi connectivity index (χ3v) is 5.60. The lowest BCUT2D eigenvalue weighted by molar-refractivity contribution is -0.145. The molecule has 9 heteroatoms. The molecule has 0 saturated heterocycles. The minimum absolute atomic E-state index is 0.138. The Hall–Kier alpha value is -2.97. The van der Waals surface area contributed by atoms with Crippen molar-refractivity contribution in [1.29, 1.82) is 0 Å². The Morgan fingerprint density at radius 1 is 1.17 bits per heavy atom. The summed E-state index contributed by atoms with van der Waals surface area (Å²) in [5.41, 5.74) is 3.91. The van der Waals surface area contributed by atoms with Crippen LogP contribution in [0.5, 0.6) is 11.6 Å². The number of carbonyl (C=O) groups excluding carboxylic acids is 1. The maximum absolute atomic E-state index is 11.6. The summed E-state index contributed by atoms with van der Waals surface area (Å²) in [6.45, 7) is 3.89. The molecule has 2 heterocycles. The van der Waals surface area contributed by atoms with E-state index in [2.05, 4.69) is 9.97 Å². The fourth-order valence-corrected chi connectivity index (χ4v) is 4.34. The second-order valence-electron chi connectivity index (χ2n) is 6.43. The number of nitrogens with zero attached hydrogens (tertiary/aromatic N) is 3. The summed E-state index contributed by atoms with van der Waals surface area (Å²) in [7, 11) is 1.54. The molecular weight excluding hydrogens is 426 g/mol. The van der Waals surface area contributed by atoms with E-state index >= 15 is 0 Å². The van der Waals surface area contributed by atoms with Gasteiger partial charge in [0.05, 0.1) is 41.2 Å². The monoisotopic (exact) mass is 443 g/mol. The molecule has 2 aromatic heterocycles. The van der Waals surface area contributed by atoms with E-state index in [-0.39, 0.29) is 6.61 Å². The highest BCUT2D eigenvalue weighted by Gasteiger charge is 2.16. The number of fused-ring (bicyclic) bond motifs is 2. The van der Waals surface area contributed by atoms with E-state index in [4.69, 9.17) is 30.8 Å². The molecule has 4 rings (SSSR count). The van der Waals surface area contributed by atoms with Crippen molar-refractivity contribution >= 4 is 50.2 Å². The van der Waals surface area contributed by atoms with Gasteiger partial charge in [0.25, 0.3) is 0 Å².